The summed E-state index contributed by atoms with van der Waals surface area (Å²) >= 11 is 3.26. The van der Waals surface area contributed by atoms with E-state index in [1.165, 1.54) is 22.5 Å². The van der Waals surface area contributed by atoms with Crippen molar-refractivity contribution in [2.75, 3.05) is 31.6 Å². The second-order valence-corrected chi connectivity index (χ2v) is 8.53. The van der Waals surface area contributed by atoms with Crippen molar-refractivity contribution in [2.24, 2.45) is 0 Å². The van der Waals surface area contributed by atoms with Crippen LogP contribution in [-0.2, 0) is 14.8 Å². The van der Waals surface area contributed by atoms with Crippen LogP contribution in [0.3, 0.4) is 0 Å². The zero-order valence-electron chi connectivity index (χ0n) is 14.2. The van der Waals surface area contributed by atoms with Gasteiger partial charge in [0, 0.05) is 23.1 Å². The normalized spacial score (nSPS) is 15.1. The maximum atomic E-state index is 12.9. The second kappa shape index (κ2) is 8.19. The van der Waals surface area contributed by atoms with Gasteiger partial charge in [0.2, 0.25) is 10.0 Å². The van der Waals surface area contributed by atoms with Crippen molar-refractivity contribution in [2.45, 2.75) is 4.90 Å². The molecule has 27 heavy (non-hydrogen) atoms. The van der Waals surface area contributed by atoms with Gasteiger partial charge in [0.15, 0.2) is 0 Å². The minimum atomic E-state index is -3.76. The molecule has 0 unspecified atom stereocenters. The zero-order valence-corrected chi connectivity index (χ0v) is 16.6. The van der Waals surface area contributed by atoms with E-state index in [-0.39, 0.29) is 23.5 Å². The summed E-state index contributed by atoms with van der Waals surface area (Å²) in [5, 5.41) is 11.8. The number of nitriles is 1. The number of para-hydroxylation sites is 1. The summed E-state index contributed by atoms with van der Waals surface area (Å²) in [6.45, 7) is 1.20. The van der Waals surface area contributed by atoms with Crippen molar-refractivity contribution in [3.8, 4) is 6.07 Å². The number of nitrogens with one attached hydrogen (secondary N) is 1. The van der Waals surface area contributed by atoms with E-state index in [1.54, 1.807) is 24.3 Å². The molecule has 9 heteroatoms. The first-order valence-electron chi connectivity index (χ1n) is 8.11. The van der Waals surface area contributed by atoms with Gasteiger partial charge in [-0.2, -0.15) is 9.57 Å². The number of halogens is 1. The summed E-state index contributed by atoms with van der Waals surface area (Å²) in [5.41, 5.74) is 0.868. The van der Waals surface area contributed by atoms with Gasteiger partial charge in [-0.1, -0.05) is 12.1 Å². The third-order valence-electron chi connectivity index (χ3n) is 4.08. The van der Waals surface area contributed by atoms with Gasteiger partial charge in [0.05, 0.1) is 29.4 Å². The summed E-state index contributed by atoms with van der Waals surface area (Å²) in [5.74, 6) is -0.497. The van der Waals surface area contributed by atoms with Crippen molar-refractivity contribution in [1.82, 2.24) is 4.31 Å². The number of ether oxygens (including phenoxy) is 1. The molecule has 1 amide bonds. The molecule has 3 rings (SSSR count). The number of amides is 1. The molecule has 1 fully saturated rings. The fourth-order valence-electron chi connectivity index (χ4n) is 2.65. The highest BCUT2D eigenvalue weighted by Crippen LogP contribution is 2.27. The molecule has 0 aliphatic carbocycles. The summed E-state index contributed by atoms with van der Waals surface area (Å²) < 4.78 is 32.7. The molecule has 1 heterocycles. The number of carbonyl (C=O) groups excluding carboxylic acids is 1. The summed E-state index contributed by atoms with van der Waals surface area (Å²) in [7, 11) is -3.76. The molecule has 0 aromatic heterocycles. The Morgan fingerprint density at radius 2 is 1.89 bits per heavy atom. The second-order valence-electron chi connectivity index (χ2n) is 5.77. The predicted octanol–water partition coefficient (Wildman–Crippen LogP) is 2.59. The van der Waals surface area contributed by atoms with Gasteiger partial charge >= 0.3 is 0 Å². The van der Waals surface area contributed by atoms with Crippen molar-refractivity contribution in [3.63, 3.8) is 0 Å². The quantitative estimate of drug-likeness (QED) is 0.772. The molecular formula is C18H16BrN3O4S. The van der Waals surface area contributed by atoms with E-state index in [4.69, 9.17) is 10.00 Å². The molecular weight excluding hydrogens is 434 g/mol. The Bertz CT molecular complexity index is 1010. The molecule has 2 aromatic rings. The van der Waals surface area contributed by atoms with Crippen LogP contribution < -0.4 is 5.32 Å². The van der Waals surface area contributed by atoms with Crippen LogP contribution in [0.4, 0.5) is 5.69 Å². The number of nitrogens with zero attached hydrogens (tertiary/aromatic N) is 2. The zero-order chi connectivity index (χ0) is 19.4. The predicted molar refractivity (Wildman–Crippen MR) is 103 cm³/mol. The number of carbonyl (C=O) groups is 1. The van der Waals surface area contributed by atoms with Crippen LogP contribution >= 0.6 is 15.9 Å². The lowest BCUT2D eigenvalue weighted by Crippen LogP contribution is -2.40. The SMILES string of the molecule is N#Cc1ccccc1NC(=O)c1ccc(Br)c(S(=O)(=O)N2CCOCC2)c1. The Balaban J connectivity index is 1.91. The Morgan fingerprint density at radius 3 is 2.59 bits per heavy atom. The van der Waals surface area contributed by atoms with Crippen molar-refractivity contribution < 1.29 is 17.9 Å². The van der Waals surface area contributed by atoms with Crippen LogP contribution in [0.15, 0.2) is 51.8 Å². The molecule has 1 N–H and O–H groups in total. The number of hydrogen-bond donors (Lipinski definition) is 1. The number of benzene rings is 2. The lowest BCUT2D eigenvalue weighted by atomic mass is 10.1. The van der Waals surface area contributed by atoms with E-state index in [1.807, 2.05) is 6.07 Å². The molecule has 0 spiro atoms. The van der Waals surface area contributed by atoms with Gasteiger partial charge in [0.1, 0.15) is 6.07 Å². The maximum Gasteiger partial charge on any atom is 0.255 e. The average Bonchev–Trinajstić information content (AvgIpc) is 2.69. The minimum absolute atomic E-state index is 0.0191. The van der Waals surface area contributed by atoms with E-state index in [2.05, 4.69) is 21.2 Å². The first-order chi connectivity index (χ1) is 12.9. The lowest BCUT2D eigenvalue weighted by Gasteiger charge is -2.26. The van der Waals surface area contributed by atoms with Crippen LogP contribution in [-0.4, -0.2) is 44.9 Å². The standard InChI is InChI=1S/C18H16BrN3O4S/c19-15-6-5-13(18(23)21-16-4-2-1-3-14(16)12-20)11-17(15)27(24,25)22-7-9-26-10-8-22/h1-6,11H,7-10H2,(H,21,23). The third-order valence-corrected chi connectivity index (χ3v) is 6.97. The molecule has 0 saturated carbocycles. The molecule has 1 aliphatic rings. The lowest BCUT2D eigenvalue weighted by molar-refractivity contribution is 0.0730. The van der Waals surface area contributed by atoms with Crippen LogP contribution in [0.25, 0.3) is 0 Å². The summed E-state index contributed by atoms with van der Waals surface area (Å²) in [4.78, 5) is 12.6. The molecule has 0 radical (unpaired) electrons. The Morgan fingerprint density at radius 1 is 1.19 bits per heavy atom. The van der Waals surface area contributed by atoms with Gasteiger partial charge in [-0.15, -0.1) is 0 Å². The van der Waals surface area contributed by atoms with Crippen LogP contribution in [0, 0.1) is 11.3 Å². The van der Waals surface area contributed by atoms with Gasteiger partial charge in [0.25, 0.3) is 5.91 Å². The molecule has 1 aliphatic heterocycles. The summed E-state index contributed by atoms with van der Waals surface area (Å²) in [6, 6.07) is 13.0. The number of rotatable bonds is 4. The molecule has 0 bridgehead atoms. The van der Waals surface area contributed by atoms with Crippen molar-refractivity contribution in [1.29, 1.82) is 5.26 Å². The van der Waals surface area contributed by atoms with Crippen molar-refractivity contribution >= 4 is 37.5 Å². The largest absolute Gasteiger partial charge is 0.379 e. The van der Waals surface area contributed by atoms with Crippen LogP contribution in [0.5, 0.6) is 0 Å². The number of anilines is 1. The molecule has 7 nitrogen and oxygen atoms in total. The van der Waals surface area contributed by atoms with E-state index in [0.717, 1.165) is 0 Å². The molecule has 0 atom stereocenters. The summed E-state index contributed by atoms with van der Waals surface area (Å²) in [6.07, 6.45) is 0. The number of morpholine rings is 1. The fraction of sp³-hybridized carbons (Fsp3) is 0.222. The smallest absolute Gasteiger partial charge is 0.255 e. The van der Waals surface area contributed by atoms with Crippen LogP contribution in [0.2, 0.25) is 0 Å². The maximum absolute atomic E-state index is 12.9. The Hall–Kier alpha value is -2.25. The Labute approximate surface area is 165 Å². The molecule has 1 saturated heterocycles. The minimum Gasteiger partial charge on any atom is -0.379 e. The highest BCUT2D eigenvalue weighted by atomic mass is 79.9. The average molecular weight is 450 g/mol. The molecule has 2 aromatic carbocycles. The number of hydrogen-bond acceptors (Lipinski definition) is 5. The van der Waals surface area contributed by atoms with Gasteiger partial charge < -0.3 is 10.1 Å². The van der Waals surface area contributed by atoms with E-state index in [0.29, 0.717) is 28.9 Å². The van der Waals surface area contributed by atoms with Gasteiger partial charge in [-0.3, -0.25) is 4.79 Å². The van der Waals surface area contributed by atoms with E-state index >= 15 is 0 Å². The highest BCUT2D eigenvalue weighted by molar-refractivity contribution is 9.10. The Kier molecular flexibility index (Phi) is 5.92. The first kappa shape index (κ1) is 19.5. The fourth-order valence-corrected chi connectivity index (χ4v) is 5.01. The van der Waals surface area contributed by atoms with Crippen molar-refractivity contribution in [3.05, 3.63) is 58.1 Å². The first-order valence-corrected chi connectivity index (χ1v) is 10.3. The highest BCUT2D eigenvalue weighted by Gasteiger charge is 2.29. The third kappa shape index (κ3) is 4.20. The van der Waals surface area contributed by atoms with Gasteiger partial charge in [-0.05, 0) is 46.3 Å². The van der Waals surface area contributed by atoms with E-state index in [9.17, 15) is 13.2 Å². The number of sulfonamides is 1. The monoisotopic (exact) mass is 449 g/mol. The molecule has 140 valence electrons. The van der Waals surface area contributed by atoms with Gasteiger partial charge in [-0.25, -0.2) is 8.42 Å². The van der Waals surface area contributed by atoms with E-state index < -0.39 is 15.9 Å². The van der Waals surface area contributed by atoms with Crippen LogP contribution in [0.1, 0.15) is 15.9 Å². The topological polar surface area (TPSA) is 99.5 Å².